The summed E-state index contributed by atoms with van der Waals surface area (Å²) >= 11 is 1.93. The van der Waals surface area contributed by atoms with Gasteiger partial charge in [-0.05, 0) is 48.5 Å². The number of aromatic carboxylic acids is 1. The molecule has 4 N–H and O–H groups in total. The lowest BCUT2D eigenvalue weighted by atomic mass is 9.98. The molecule has 20 heavy (non-hydrogen) atoms. The molecule has 1 saturated heterocycles. The molecule has 1 aromatic rings. The van der Waals surface area contributed by atoms with E-state index in [1.165, 1.54) is 18.2 Å². The highest BCUT2D eigenvalue weighted by molar-refractivity contribution is 7.99. The Morgan fingerprint density at radius 2 is 2.05 bits per heavy atom. The van der Waals surface area contributed by atoms with Gasteiger partial charge in [-0.15, -0.1) is 0 Å². The van der Waals surface area contributed by atoms with E-state index in [2.05, 4.69) is 5.32 Å². The molecule has 0 bridgehead atoms. The predicted octanol–water partition coefficient (Wildman–Crippen LogP) is 2.44. The lowest BCUT2D eigenvalue weighted by Gasteiger charge is -2.20. The van der Waals surface area contributed by atoms with E-state index in [1.54, 1.807) is 0 Å². The monoisotopic (exact) mass is 294 g/mol. The zero-order valence-electron chi connectivity index (χ0n) is 11.1. The molecule has 1 aliphatic heterocycles. The molecule has 5 nitrogen and oxygen atoms in total. The van der Waals surface area contributed by atoms with Crippen LogP contribution in [0.2, 0.25) is 0 Å². The van der Waals surface area contributed by atoms with Gasteiger partial charge in [0.15, 0.2) is 0 Å². The Labute approximate surface area is 121 Å². The number of rotatable bonds is 4. The second kappa shape index (κ2) is 6.65. The van der Waals surface area contributed by atoms with Crippen LogP contribution in [0.15, 0.2) is 18.2 Å². The average Bonchev–Trinajstić information content (AvgIpc) is 2.42. The first-order valence-electron chi connectivity index (χ1n) is 6.56. The van der Waals surface area contributed by atoms with Crippen LogP contribution >= 0.6 is 11.8 Å². The molecule has 0 aromatic heterocycles. The summed E-state index contributed by atoms with van der Waals surface area (Å²) in [7, 11) is 0. The van der Waals surface area contributed by atoms with Gasteiger partial charge in [0.1, 0.15) is 0 Å². The third-order valence-corrected chi connectivity index (χ3v) is 4.44. The van der Waals surface area contributed by atoms with Gasteiger partial charge in [-0.25, -0.2) is 4.79 Å². The molecule has 0 aliphatic carbocycles. The number of carboxylic acids is 1. The molecule has 2 rings (SSSR count). The number of carbonyl (C=O) groups excluding carboxylic acids is 1. The quantitative estimate of drug-likeness (QED) is 0.742. The van der Waals surface area contributed by atoms with Crippen molar-refractivity contribution < 1.29 is 14.7 Å². The van der Waals surface area contributed by atoms with Crippen LogP contribution in [0, 0.1) is 5.92 Å². The summed E-state index contributed by atoms with van der Waals surface area (Å²) in [5.74, 6) is 1.59. The Balaban J connectivity index is 1.95. The van der Waals surface area contributed by atoms with Crippen molar-refractivity contribution in [3.8, 4) is 0 Å². The van der Waals surface area contributed by atoms with Gasteiger partial charge in [-0.1, -0.05) is 0 Å². The maximum Gasteiger partial charge on any atom is 0.335 e. The van der Waals surface area contributed by atoms with E-state index in [-0.39, 0.29) is 17.2 Å². The molecular formula is C14H18N2O3S. The number of benzene rings is 1. The largest absolute Gasteiger partial charge is 0.478 e. The van der Waals surface area contributed by atoms with E-state index >= 15 is 0 Å². The third-order valence-electron chi connectivity index (χ3n) is 3.39. The van der Waals surface area contributed by atoms with Crippen LogP contribution in [0.4, 0.5) is 11.4 Å². The van der Waals surface area contributed by atoms with Crippen LogP contribution in [0.3, 0.4) is 0 Å². The van der Waals surface area contributed by atoms with E-state index in [1.807, 2.05) is 11.8 Å². The minimum atomic E-state index is -1.03. The number of anilines is 2. The molecule has 6 heteroatoms. The second-order valence-electron chi connectivity index (χ2n) is 4.92. The number of carbonyl (C=O) groups is 2. The van der Waals surface area contributed by atoms with Crippen molar-refractivity contribution in [3.05, 3.63) is 23.8 Å². The van der Waals surface area contributed by atoms with Gasteiger partial charge in [0, 0.05) is 6.42 Å². The zero-order chi connectivity index (χ0) is 14.5. The molecule has 0 radical (unpaired) electrons. The fraction of sp³-hybridized carbons (Fsp3) is 0.429. The lowest BCUT2D eigenvalue weighted by molar-refractivity contribution is -0.117. The Kier molecular flexibility index (Phi) is 4.89. The summed E-state index contributed by atoms with van der Waals surface area (Å²) in [5, 5.41) is 11.6. The highest BCUT2D eigenvalue weighted by atomic mass is 32.2. The Hall–Kier alpha value is -1.69. The molecule has 1 aliphatic rings. The standard InChI is InChI=1S/C14H18N2O3S/c15-11-8-10(14(18)19)1-2-12(11)16-13(17)7-9-3-5-20-6-4-9/h1-2,8-9H,3-7,15H2,(H,16,17)(H,18,19). The van der Waals surface area contributed by atoms with Gasteiger partial charge in [0.2, 0.25) is 5.91 Å². The molecule has 0 spiro atoms. The van der Waals surface area contributed by atoms with E-state index in [9.17, 15) is 9.59 Å². The molecule has 0 atom stereocenters. The van der Waals surface area contributed by atoms with Crippen LogP contribution in [0.5, 0.6) is 0 Å². The van der Waals surface area contributed by atoms with Crippen molar-refractivity contribution in [2.75, 3.05) is 22.6 Å². The van der Waals surface area contributed by atoms with Crippen molar-refractivity contribution in [1.82, 2.24) is 0 Å². The minimum absolute atomic E-state index is 0.0586. The smallest absolute Gasteiger partial charge is 0.335 e. The van der Waals surface area contributed by atoms with E-state index in [4.69, 9.17) is 10.8 Å². The van der Waals surface area contributed by atoms with E-state index in [0.717, 1.165) is 24.3 Å². The lowest BCUT2D eigenvalue weighted by Crippen LogP contribution is -2.20. The average molecular weight is 294 g/mol. The minimum Gasteiger partial charge on any atom is -0.478 e. The van der Waals surface area contributed by atoms with Crippen molar-refractivity contribution in [1.29, 1.82) is 0 Å². The number of hydrogen-bond donors (Lipinski definition) is 3. The number of carboxylic acid groups (broad SMARTS) is 1. The van der Waals surface area contributed by atoms with Crippen LogP contribution in [-0.4, -0.2) is 28.5 Å². The molecule has 1 amide bonds. The molecule has 1 aromatic carbocycles. The fourth-order valence-electron chi connectivity index (χ4n) is 2.22. The maximum absolute atomic E-state index is 12.0. The third kappa shape index (κ3) is 3.90. The molecule has 0 saturated carbocycles. The zero-order valence-corrected chi connectivity index (χ0v) is 11.9. The van der Waals surface area contributed by atoms with Crippen molar-refractivity contribution in [2.45, 2.75) is 19.3 Å². The second-order valence-corrected chi connectivity index (χ2v) is 6.14. The summed E-state index contributed by atoms with van der Waals surface area (Å²) in [6.45, 7) is 0. The van der Waals surface area contributed by atoms with Gasteiger partial charge in [0.05, 0.1) is 16.9 Å². The van der Waals surface area contributed by atoms with Gasteiger partial charge < -0.3 is 16.2 Å². The van der Waals surface area contributed by atoms with Gasteiger partial charge in [-0.2, -0.15) is 11.8 Å². The maximum atomic E-state index is 12.0. The van der Waals surface area contributed by atoms with Crippen LogP contribution in [0.25, 0.3) is 0 Å². The summed E-state index contributed by atoms with van der Waals surface area (Å²) < 4.78 is 0. The van der Waals surface area contributed by atoms with E-state index < -0.39 is 5.97 Å². The summed E-state index contributed by atoms with van der Waals surface area (Å²) in [4.78, 5) is 22.8. The van der Waals surface area contributed by atoms with Gasteiger partial charge in [0.25, 0.3) is 0 Å². The van der Waals surface area contributed by atoms with Crippen LogP contribution in [-0.2, 0) is 4.79 Å². The number of hydrogen-bond acceptors (Lipinski definition) is 4. The summed E-state index contributed by atoms with van der Waals surface area (Å²) in [6.07, 6.45) is 2.65. The number of nitrogens with one attached hydrogen (secondary N) is 1. The SMILES string of the molecule is Nc1cc(C(=O)O)ccc1NC(=O)CC1CCSCC1. The van der Waals surface area contributed by atoms with Crippen LogP contribution < -0.4 is 11.1 Å². The number of amides is 1. The normalized spacial score (nSPS) is 15.8. The van der Waals surface area contributed by atoms with E-state index in [0.29, 0.717) is 18.0 Å². The van der Waals surface area contributed by atoms with Crippen molar-refractivity contribution in [2.24, 2.45) is 5.92 Å². The highest BCUT2D eigenvalue weighted by Gasteiger charge is 2.18. The molecule has 108 valence electrons. The first kappa shape index (κ1) is 14.7. The Morgan fingerprint density at radius 3 is 2.65 bits per heavy atom. The molecule has 0 unspecified atom stereocenters. The Bertz CT molecular complexity index is 513. The van der Waals surface area contributed by atoms with Crippen LogP contribution in [0.1, 0.15) is 29.6 Å². The first-order valence-corrected chi connectivity index (χ1v) is 7.72. The summed E-state index contributed by atoms with van der Waals surface area (Å²) in [5.41, 5.74) is 6.63. The van der Waals surface area contributed by atoms with Gasteiger partial charge >= 0.3 is 5.97 Å². The fourth-order valence-corrected chi connectivity index (χ4v) is 3.43. The summed E-state index contributed by atoms with van der Waals surface area (Å²) in [6, 6.07) is 4.33. The first-order chi connectivity index (χ1) is 9.56. The Morgan fingerprint density at radius 1 is 1.35 bits per heavy atom. The van der Waals surface area contributed by atoms with Crippen molar-refractivity contribution in [3.63, 3.8) is 0 Å². The van der Waals surface area contributed by atoms with Crippen molar-refractivity contribution >= 4 is 35.0 Å². The number of thioether (sulfide) groups is 1. The highest BCUT2D eigenvalue weighted by Crippen LogP contribution is 2.26. The van der Waals surface area contributed by atoms with Gasteiger partial charge in [-0.3, -0.25) is 4.79 Å². The molecule has 1 fully saturated rings. The topological polar surface area (TPSA) is 92.4 Å². The number of nitrogen functional groups attached to an aromatic ring is 1. The molecule has 1 heterocycles. The molecular weight excluding hydrogens is 276 g/mol. The number of nitrogens with two attached hydrogens (primary N) is 1. The predicted molar refractivity (Wildman–Crippen MR) is 81.1 cm³/mol.